The topological polar surface area (TPSA) is 128 Å². The quantitative estimate of drug-likeness (QED) is 0.177. The fourth-order valence-corrected chi connectivity index (χ4v) is 3.52. The van der Waals surface area contributed by atoms with Gasteiger partial charge in [0.1, 0.15) is 0 Å². The van der Waals surface area contributed by atoms with Crippen molar-refractivity contribution in [3.63, 3.8) is 0 Å². The molecule has 2 aromatic carbocycles. The molecule has 0 aliphatic rings. The van der Waals surface area contributed by atoms with Gasteiger partial charge in [0.2, 0.25) is 17.4 Å². The molecule has 2 rings (SSSR count). The first-order chi connectivity index (χ1) is 14.0. The summed E-state index contributed by atoms with van der Waals surface area (Å²) in [5.74, 6) is -8.95. The minimum absolute atomic E-state index is 0.286. The van der Waals surface area contributed by atoms with Crippen LogP contribution in [0.5, 0.6) is 5.75 Å². The Hall–Kier alpha value is -3.46. The van der Waals surface area contributed by atoms with E-state index in [0.29, 0.717) is 0 Å². The van der Waals surface area contributed by atoms with Gasteiger partial charge < -0.3 is 4.74 Å². The van der Waals surface area contributed by atoms with Crippen LogP contribution in [0, 0.1) is 46.4 Å². The van der Waals surface area contributed by atoms with Gasteiger partial charge in [-0.15, -0.1) is 3.63 Å². The number of ether oxygens (including phenoxy) is 1. The van der Waals surface area contributed by atoms with Crippen LogP contribution in [0.15, 0.2) is 29.2 Å². The van der Waals surface area contributed by atoms with Crippen LogP contribution in [0.25, 0.3) is 0 Å². The molecule has 0 atom stereocenters. The summed E-state index contributed by atoms with van der Waals surface area (Å²) >= 11 is 0. The summed E-state index contributed by atoms with van der Waals surface area (Å²) in [5.41, 5.74) is -0.0608. The first kappa shape index (κ1) is 22.8. The highest BCUT2D eigenvalue weighted by molar-refractivity contribution is 7.93. The molecule has 30 heavy (non-hydrogen) atoms. The monoisotopic (exact) mass is 463 g/mol. The Labute approximate surface area is 167 Å². The Kier molecular flexibility index (Phi) is 6.78. The minimum Gasteiger partial charge on any atom is -0.416 e. The number of rotatable bonds is 5. The number of halogens is 4. The summed E-state index contributed by atoms with van der Waals surface area (Å²) in [4.78, 5) is 9.62. The summed E-state index contributed by atoms with van der Waals surface area (Å²) < 4.78 is 107. The highest BCUT2D eigenvalue weighted by Crippen LogP contribution is 2.33. The highest BCUT2D eigenvalue weighted by atomic mass is 32.3. The average Bonchev–Trinajstić information content (AvgIpc) is 2.67. The van der Waals surface area contributed by atoms with Crippen molar-refractivity contribution in [1.82, 2.24) is 0 Å². The third kappa shape index (κ3) is 4.74. The van der Waals surface area contributed by atoms with E-state index in [0.717, 1.165) is 12.1 Å². The fraction of sp³-hybridized carbons (Fsp3) is 0. The molecule has 0 N–H and O–H groups in total. The van der Waals surface area contributed by atoms with E-state index in [2.05, 4.69) is 20.2 Å². The minimum atomic E-state index is -5.78. The van der Waals surface area contributed by atoms with Gasteiger partial charge in [-0.1, -0.05) is 5.92 Å². The van der Waals surface area contributed by atoms with E-state index >= 15 is 0 Å². The van der Waals surface area contributed by atoms with E-state index in [1.807, 2.05) is 0 Å². The van der Waals surface area contributed by atoms with Crippen molar-refractivity contribution in [2.45, 2.75) is 4.90 Å². The van der Waals surface area contributed by atoms with Crippen LogP contribution in [-0.2, 0) is 24.7 Å². The second kappa shape index (κ2) is 8.91. The van der Waals surface area contributed by atoms with Crippen LogP contribution in [0.4, 0.5) is 17.6 Å². The Morgan fingerprint density at radius 3 is 1.97 bits per heavy atom. The SMILES string of the molecule is N#CC#Cc1ccc(C(=O)Oc2c(F)c(F)c(S(=O)(=O)O[SH](=O)=O)c(F)c2F)cc1. The zero-order valence-electron chi connectivity index (χ0n) is 14.0. The van der Waals surface area contributed by atoms with E-state index in [9.17, 15) is 39.2 Å². The molecule has 2 aromatic rings. The van der Waals surface area contributed by atoms with Gasteiger partial charge in [-0.25, -0.2) is 22.0 Å². The van der Waals surface area contributed by atoms with Crippen molar-refractivity contribution in [2.75, 3.05) is 0 Å². The zero-order chi connectivity index (χ0) is 22.6. The molecule has 0 spiro atoms. The lowest BCUT2D eigenvalue weighted by Crippen LogP contribution is -2.17. The van der Waals surface area contributed by atoms with Gasteiger partial charge >= 0.3 is 16.1 Å². The zero-order valence-corrected chi connectivity index (χ0v) is 15.7. The second-order valence-electron chi connectivity index (χ2n) is 5.00. The van der Waals surface area contributed by atoms with E-state index in [1.54, 1.807) is 6.07 Å². The number of carbonyl (C=O) groups is 1. The van der Waals surface area contributed by atoms with Crippen molar-refractivity contribution < 1.29 is 47.6 Å². The van der Waals surface area contributed by atoms with Crippen LogP contribution in [0.1, 0.15) is 15.9 Å². The molecule has 0 heterocycles. The molecular weight excluding hydrogens is 458 g/mol. The maximum absolute atomic E-state index is 14.1. The molecule has 156 valence electrons. The molecule has 0 amide bonds. The largest absolute Gasteiger partial charge is 0.416 e. The van der Waals surface area contributed by atoms with Gasteiger partial charge in [0.15, 0.2) is 22.6 Å². The summed E-state index contributed by atoms with van der Waals surface area (Å²) in [7, 11) is -9.97. The van der Waals surface area contributed by atoms with Crippen molar-refractivity contribution in [3.8, 4) is 23.7 Å². The Morgan fingerprint density at radius 2 is 1.50 bits per heavy atom. The van der Waals surface area contributed by atoms with Crippen molar-refractivity contribution in [3.05, 3.63) is 58.7 Å². The lowest BCUT2D eigenvalue weighted by Gasteiger charge is -2.11. The predicted octanol–water partition coefficient (Wildman–Crippen LogP) is 1.57. The van der Waals surface area contributed by atoms with Crippen molar-refractivity contribution >= 4 is 27.1 Å². The molecule has 0 radical (unpaired) electrons. The molecular formula is C16H5F4NO7S2. The van der Waals surface area contributed by atoms with E-state index < -0.39 is 61.0 Å². The summed E-state index contributed by atoms with van der Waals surface area (Å²) in [6, 6.07) is 6.12. The molecule has 0 fully saturated rings. The maximum atomic E-state index is 14.1. The normalized spacial score (nSPS) is 10.8. The summed E-state index contributed by atoms with van der Waals surface area (Å²) in [6.45, 7) is 0. The van der Waals surface area contributed by atoms with Gasteiger partial charge in [-0.3, -0.25) is 0 Å². The van der Waals surface area contributed by atoms with Crippen LogP contribution < -0.4 is 4.74 Å². The Morgan fingerprint density at radius 1 is 0.967 bits per heavy atom. The van der Waals surface area contributed by atoms with Crippen LogP contribution in [0.2, 0.25) is 0 Å². The van der Waals surface area contributed by atoms with Gasteiger partial charge in [-0.2, -0.15) is 22.5 Å². The molecule has 0 saturated carbocycles. The highest BCUT2D eigenvalue weighted by Gasteiger charge is 2.36. The van der Waals surface area contributed by atoms with Crippen molar-refractivity contribution in [2.24, 2.45) is 0 Å². The van der Waals surface area contributed by atoms with Crippen LogP contribution in [0.3, 0.4) is 0 Å². The third-order valence-electron chi connectivity index (χ3n) is 3.17. The lowest BCUT2D eigenvalue weighted by molar-refractivity contribution is 0.0716. The molecule has 8 nitrogen and oxygen atoms in total. The lowest BCUT2D eigenvalue weighted by atomic mass is 10.1. The molecule has 0 aliphatic heterocycles. The van der Waals surface area contributed by atoms with Crippen LogP contribution in [-0.4, -0.2) is 22.8 Å². The average molecular weight is 463 g/mol. The number of thiol groups is 1. The van der Waals surface area contributed by atoms with E-state index in [4.69, 9.17) is 5.26 Å². The van der Waals surface area contributed by atoms with Gasteiger partial charge in [-0.05, 0) is 24.3 Å². The van der Waals surface area contributed by atoms with Gasteiger partial charge in [0.25, 0.3) is 11.0 Å². The molecule has 0 saturated heterocycles. The second-order valence-corrected chi connectivity index (χ2v) is 7.36. The van der Waals surface area contributed by atoms with Gasteiger partial charge in [0, 0.05) is 11.5 Å². The standard InChI is InChI=1S/C16H5F4NO7S2/c17-10-12(19)15(30(25,26)28-29(23)24)13(20)11(18)14(10)27-16(22)9-5-3-8(4-6-9)2-1-7-21/h3-6,29H. The number of nitrogens with zero attached hydrogens (tertiary/aromatic N) is 1. The number of carbonyl (C=O) groups excluding carboxylic acids is 1. The van der Waals surface area contributed by atoms with Gasteiger partial charge in [0.05, 0.1) is 5.56 Å². The molecule has 0 aliphatic carbocycles. The van der Waals surface area contributed by atoms with E-state index in [1.165, 1.54) is 12.1 Å². The maximum Gasteiger partial charge on any atom is 0.343 e. The molecule has 0 bridgehead atoms. The number of nitriles is 1. The summed E-state index contributed by atoms with van der Waals surface area (Å²) in [6.07, 6.45) is 0. The van der Waals surface area contributed by atoms with Crippen molar-refractivity contribution in [1.29, 1.82) is 5.26 Å². The number of esters is 1. The number of benzene rings is 2. The first-order valence-corrected chi connectivity index (χ1v) is 9.67. The number of hydrogen-bond acceptors (Lipinski definition) is 8. The molecule has 14 heteroatoms. The molecule has 0 aromatic heterocycles. The van der Waals surface area contributed by atoms with Crippen LogP contribution >= 0.6 is 0 Å². The first-order valence-electron chi connectivity index (χ1n) is 7.17. The summed E-state index contributed by atoms with van der Waals surface area (Å²) in [5, 5.41) is 8.34. The number of hydrogen-bond donors (Lipinski definition) is 1. The van der Waals surface area contributed by atoms with E-state index in [-0.39, 0.29) is 11.1 Å². The predicted molar refractivity (Wildman–Crippen MR) is 88.8 cm³/mol. The third-order valence-corrected chi connectivity index (χ3v) is 5.30. The molecule has 0 unspecified atom stereocenters. The Balaban J connectivity index is 2.47. The smallest absolute Gasteiger partial charge is 0.343 e. The fourth-order valence-electron chi connectivity index (χ4n) is 1.96. The Bertz CT molecular complexity index is 1280.